The van der Waals surface area contributed by atoms with Gasteiger partial charge in [-0.1, -0.05) is 0 Å². The van der Waals surface area contributed by atoms with Gasteiger partial charge in [0.1, 0.15) is 11.9 Å². The molecule has 1 aromatic rings. The number of amides is 3. The van der Waals surface area contributed by atoms with Crippen molar-refractivity contribution in [2.75, 3.05) is 19.7 Å². The van der Waals surface area contributed by atoms with E-state index in [1.807, 2.05) is 0 Å². The van der Waals surface area contributed by atoms with Crippen molar-refractivity contribution in [3.05, 3.63) is 39.7 Å². The number of non-ortho nitro benzene ring substituents is 1. The second kappa shape index (κ2) is 10.0. The first-order valence-corrected chi connectivity index (χ1v) is 7.66. The standard InChI is InChI=1S/C15H19FN4O6/c1-9(14(23)18-8-13(22)17-5-2-6-21)19-15(24)11-7-10(20(25)26)3-4-12(11)16/h3-4,7,9,21H,2,5-6,8H2,1H3,(H,17,22)(H,18,23)(H,19,24)/t9-/m0/s1. The maximum atomic E-state index is 13.7. The molecule has 0 aliphatic heterocycles. The zero-order valence-electron chi connectivity index (χ0n) is 14.0. The van der Waals surface area contributed by atoms with Gasteiger partial charge in [0.05, 0.1) is 17.0 Å². The Morgan fingerprint density at radius 3 is 2.62 bits per heavy atom. The van der Waals surface area contributed by atoms with Gasteiger partial charge in [-0.25, -0.2) is 4.39 Å². The topological polar surface area (TPSA) is 151 Å². The summed E-state index contributed by atoms with van der Waals surface area (Å²) in [6.45, 7) is 1.15. The normalized spacial score (nSPS) is 11.3. The van der Waals surface area contributed by atoms with Gasteiger partial charge in [0.2, 0.25) is 11.8 Å². The first-order valence-electron chi connectivity index (χ1n) is 7.66. The van der Waals surface area contributed by atoms with Gasteiger partial charge in [-0.3, -0.25) is 24.5 Å². The molecule has 10 nitrogen and oxygen atoms in total. The van der Waals surface area contributed by atoms with Crippen LogP contribution in [0.25, 0.3) is 0 Å². The van der Waals surface area contributed by atoms with Gasteiger partial charge in [0.25, 0.3) is 11.6 Å². The first kappa shape index (κ1) is 21.0. The van der Waals surface area contributed by atoms with E-state index in [1.165, 1.54) is 6.92 Å². The molecule has 0 saturated heterocycles. The van der Waals surface area contributed by atoms with Crippen LogP contribution in [0.5, 0.6) is 0 Å². The molecule has 26 heavy (non-hydrogen) atoms. The van der Waals surface area contributed by atoms with Gasteiger partial charge in [0.15, 0.2) is 0 Å². The van der Waals surface area contributed by atoms with Gasteiger partial charge in [0, 0.05) is 25.3 Å². The quantitative estimate of drug-likeness (QED) is 0.261. The lowest BCUT2D eigenvalue weighted by molar-refractivity contribution is -0.384. The van der Waals surface area contributed by atoms with Crippen LogP contribution in [0.2, 0.25) is 0 Å². The molecule has 0 aliphatic carbocycles. The second-order valence-electron chi connectivity index (χ2n) is 5.26. The zero-order chi connectivity index (χ0) is 19.7. The molecular formula is C15H19FN4O6. The Morgan fingerprint density at radius 2 is 2.00 bits per heavy atom. The minimum Gasteiger partial charge on any atom is -0.396 e. The molecule has 142 valence electrons. The van der Waals surface area contributed by atoms with Crippen molar-refractivity contribution < 1.29 is 28.8 Å². The predicted octanol–water partition coefficient (Wildman–Crippen LogP) is -0.533. The highest BCUT2D eigenvalue weighted by molar-refractivity contribution is 5.98. The second-order valence-corrected chi connectivity index (χ2v) is 5.26. The number of halogens is 1. The number of hydrogen-bond donors (Lipinski definition) is 4. The Hall–Kier alpha value is -3.08. The van der Waals surface area contributed by atoms with E-state index in [0.717, 1.165) is 18.2 Å². The Bertz CT molecular complexity index is 697. The summed E-state index contributed by atoms with van der Waals surface area (Å²) in [5.74, 6) is -3.14. The van der Waals surface area contributed by atoms with Gasteiger partial charge in [-0.2, -0.15) is 0 Å². The third kappa shape index (κ3) is 6.43. The zero-order valence-corrected chi connectivity index (χ0v) is 14.0. The van der Waals surface area contributed by atoms with Crippen molar-refractivity contribution in [1.29, 1.82) is 0 Å². The lowest BCUT2D eigenvalue weighted by Gasteiger charge is -2.14. The maximum Gasteiger partial charge on any atom is 0.270 e. The van der Waals surface area contributed by atoms with Crippen molar-refractivity contribution in [3.63, 3.8) is 0 Å². The third-order valence-corrected chi connectivity index (χ3v) is 3.23. The van der Waals surface area contributed by atoms with Crippen LogP contribution in [0.4, 0.5) is 10.1 Å². The number of nitrogens with zero attached hydrogens (tertiary/aromatic N) is 1. The van der Waals surface area contributed by atoms with Crippen LogP contribution in [0.1, 0.15) is 23.7 Å². The maximum absolute atomic E-state index is 13.7. The summed E-state index contributed by atoms with van der Waals surface area (Å²) in [7, 11) is 0. The molecule has 0 bridgehead atoms. The molecule has 1 aromatic carbocycles. The Balaban J connectivity index is 2.58. The summed E-state index contributed by atoms with van der Waals surface area (Å²) >= 11 is 0. The molecular weight excluding hydrogens is 351 g/mol. The molecule has 0 spiro atoms. The predicted molar refractivity (Wildman–Crippen MR) is 87.7 cm³/mol. The molecule has 0 saturated carbocycles. The first-order chi connectivity index (χ1) is 12.3. The minimum atomic E-state index is -1.11. The molecule has 11 heteroatoms. The summed E-state index contributed by atoms with van der Waals surface area (Å²) in [4.78, 5) is 45.2. The van der Waals surface area contributed by atoms with Crippen LogP contribution in [-0.4, -0.2) is 53.5 Å². The van der Waals surface area contributed by atoms with E-state index in [0.29, 0.717) is 6.42 Å². The van der Waals surface area contributed by atoms with Gasteiger partial charge < -0.3 is 21.1 Å². The highest BCUT2D eigenvalue weighted by Gasteiger charge is 2.21. The highest BCUT2D eigenvalue weighted by atomic mass is 19.1. The van der Waals surface area contributed by atoms with Crippen molar-refractivity contribution in [2.45, 2.75) is 19.4 Å². The van der Waals surface area contributed by atoms with Crippen LogP contribution >= 0.6 is 0 Å². The Morgan fingerprint density at radius 1 is 1.31 bits per heavy atom. The highest BCUT2D eigenvalue weighted by Crippen LogP contribution is 2.16. The van der Waals surface area contributed by atoms with Crippen molar-refractivity contribution >= 4 is 23.4 Å². The van der Waals surface area contributed by atoms with E-state index in [-0.39, 0.29) is 19.7 Å². The van der Waals surface area contributed by atoms with E-state index >= 15 is 0 Å². The summed E-state index contributed by atoms with van der Waals surface area (Å²) in [6.07, 6.45) is 0.376. The van der Waals surface area contributed by atoms with E-state index in [4.69, 9.17) is 5.11 Å². The molecule has 0 fully saturated rings. The van der Waals surface area contributed by atoms with Gasteiger partial charge in [-0.05, 0) is 19.4 Å². The monoisotopic (exact) mass is 370 g/mol. The number of nitro benzene ring substituents is 1. The minimum absolute atomic E-state index is 0.0795. The number of aliphatic hydroxyl groups is 1. The lowest BCUT2D eigenvalue weighted by Crippen LogP contribution is -2.47. The number of hydrogen-bond acceptors (Lipinski definition) is 6. The molecule has 0 radical (unpaired) electrons. The van der Waals surface area contributed by atoms with Gasteiger partial charge >= 0.3 is 0 Å². The number of nitrogens with one attached hydrogen (secondary N) is 3. The average Bonchev–Trinajstić information content (AvgIpc) is 2.59. The molecule has 0 aromatic heterocycles. The number of carbonyl (C=O) groups excluding carboxylic acids is 3. The van der Waals surface area contributed by atoms with E-state index in [1.54, 1.807) is 0 Å². The molecule has 1 rings (SSSR count). The summed E-state index contributed by atoms with van der Waals surface area (Å²) in [6, 6.07) is 1.36. The number of carbonyl (C=O) groups is 3. The van der Waals surface area contributed by atoms with Crippen LogP contribution < -0.4 is 16.0 Å². The fourth-order valence-electron chi connectivity index (χ4n) is 1.83. The van der Waals surface area contributed by atoms with E-state index in [9.17, 15) is 28.9 Å². The van der Waals surface area contributed by atoms with Gasteiger partial charge in [-0.15, -0.1) is 0 Å². The lowest BCUT2D eigenvalue weighted by atomic mass is 10.1. The molecule has 1 atom stereocenters. The van der Waals surface area contributed by atoms with Crippen LogP contribution in [0, 0.1) is 15.9 Å². The Labute approximate surface area is 147 Å². The van der Waals surface area contributed by atoms with E-state index in [2.05, 4.69) is 16.0 Å². The number of aliphatic hydroxyl groups excluding tert-OH is 1. The fraction of sp³-hybridized carbons (Fsp3) is 0.400. The van der Waals surface area contributed by atoms with Crippen molar-refractivity contribution in [3.8, 4) is 0 Å². The molecule has 0 unspecified atom stereocenters. The SMILES string of the molecule is C[C@H](NC(=O)c1cc([N+](=O)[O-])ccc1F)C(=O)NCC(=O)NCCCO. The smallest absolute Gasteiger partial charge is 0.270 e. The largest absolute Gasteiger partial charge is 0.396 e. The number of nitro groups is 1. The summed E-state index contributed by atoms with van der Waals surface area (Å²) in [5.41, 5.74) is -1.03. The molecule has 0 heterocycles. The van der Waals surface area contributed by atoms with Crippen molar-refractivity contribution in [1.82, 2.24) is 16.0 Å². The van der Waals surface area contributed by atoms with Crippen molar-refractivity contribution in [2.24, 2.45) is 0 Å². The molecule has 3 amide bonds. The summed E-state index contributed by atoms with van der Waals surface area (Å²) in [5, 5.41) is 26.2. The fourth-order valence-corrected chi connectivity index (χ4v) is 1.83. The summed E-state index contributed by atoms with van der Waals surface area (Å²) < 4.78 is 13.7. The van der Waals surface area contributed by atoms with Crippen LogP contribution in [0.15, 0.2) is 18.2 Å². The van der Waals surface area contributed by atoms with E-state index < -0.39 is 45.8 Å². The van der Waals surface area contributed by atoms with Crippen LogP contribution in [0.3, 0.4) is 0 Å². The van der Waals surface area contributed by atoms with Crippen LogP contribution in [-0.2, 0) is 9.59 Å². The molecule has 4 N–H and O–H groups in total. The average molecular weight is 370 g/mol. The molecule has 0 aliphatic rings. The number of rotatable bonds is 9. The third-order valence-electron chi connectivity index (χ3n) is 3.23. The Kier molecular flexibility index (Phi) is 8.09. The number of benzene rings is 1.